The van der Waals surface area contributed by atoms with Gasteiger partial charge in [-0.1, -0.05) is 0 Å². The van der Waals surface area contributed by atoms with Crippen LogP contribution < -0.4 is 5.62 Å². The largest absolute Gasteiger partial charge is 0.318 e. The fraction of sp³-hybridized carbons (Fsp3) is 0.429. The molecule has 0 radical (unpaired) electrons. The molecule has 10 heavy (non-hydrogen) atoms. The minimum absolute atomic E-state index is 0.782. The summed E-state index contributed by atoms with van der Waals surface area (Å²) in [6, 6.07) is 1.90. The van der Waals surface area contributed by atoms with Crippen LogP contribution in [0, 0.1) is 0 Å². The molecule has 0 aliphatic carbocycles. The highest BCUT2D eigenvalue weighted by atomic mass is 15.1. The molecule has 3 heteroatoms. The lowest BCUT2D eigenvalue weighted by Gasteiger charge is -1.99. The van der Waals surface area contributed by atoms with E-state index >= 15 is 0 Å². The maximum absolute atomic E-state index is 4.06. The van der Waals surface area contributed by atoms with Crippen molar-refractivity contribution in [2.45, 2.75) is 13.5 Å². The van der Waals surface area contributed by atoms with E-state index in [9.17, 15) is 0 Å². The summed E-state index contributed by atoms with van der Waals surface area (Å²) in [5.41, 5.74) is 0.782. The van der Waals surface area contributed by atoms with Gasteiger partial charge in [-0.2, -0.15) is 0 Å². The number of aryl methyl sites for hydroxylation is 1. The summed E-state index contributed by atoms with van der Waals surface area (Å²) >= 11 is 0. The number of hydrogen-bond acceptors (Lipinski definition) is 2. The highest BCUT2D eigenvalue weighted by molar-refractivity contribution is 4.79. The Morgan fingerprint density at radius 2 is 2.50 bits per heavy atom. The van der Waals surface area contributed by atoms with Crippen molar-refractivity contribution < 1.29 is 0 Å². The van der Waals surface area contributed by atoms with Gasteiger partial charge in [-0.05, 0) is 13.0 Å². The van der Waals surface area contributed by atoms with E-state index in [1.165, 1.54) is 0 Å². The summed E-state index contributed by atoms with van der Waals surface area (Å²) in [5, 5.41) is 0. The molecule has 0 bridgehead atoms. The van der Waals surface area contributed by atoms with Crippen molar-refractivity contribution >= 4 is 0 Å². The van der Waals surface area contributed by atoms with Crippen molar-refractivity contribution in [2.24, 2.45) is 4.99 Å². The van der Waals surface area contributed by atoms with Gasteiger partial charge in [-0.3, -0.25) is 4.99 Å². The van der Waals surface area contributed by atoms with Crippen LogP contribution in [-0.2, 0) is 6.54 Å². The molecule has 1 heterocycles. The van der Waals surface area contributed by atoms with Crippen molar-refractivity contribution in [3.05, 3.63) is 24.1 Å². The van der Waals surface area contributed by atoms with Crippen molar-refractivity contribution in [1.82, 2.24) is 9.55 Å². The minimum Gasteiger partial charge on any atom is -0.318 e. The Bertz CT molecular complexity index is 262. The predicted octanol–water partition coefficient (Wildman–Crippen LogP) is 0.433. The molecule has 0 aliphatic rings. The van der Waals surface area contributed by atoms with Crippen LogP contribution in [0.2, 0.25) is 0 Å². The first-order chi connectivity index (χ1) is 4.88. The van der Waals surface area contributed by atoms with Crippen molar-refractivity contribution in [3.8, 4) is 0 Å². The fourth-order valence-electron chi connectivity index (χ4n) is 0.826. The SMILES string of the molecule is CCn1cccnc1=NC. The van der Waals surface area contributed by atoms with Gasteiger partial charge in [0, 0.05) is 26.0 Å². The van der Waals surface area contributed by atoms with E-state index in [1.807, 2.05) is 16.8 Å². The number of nitrogens with zero attached hydrogens (tertiary/aromatic N) is 3. The molecule has 0 atom stereocenters. The quantitative estimate of drug-likeness (QED) is 0.552. The minimum atomic E-state index is 0.782. The molecule has 3 nitrogen and oxygen atoms in total. The lowest BCUT2D eigenvalue weighted by Crippen LogP contribution is -2.21. The first-order valence-corrected chi connectivity index (χ1v) is 3.32. The first kappa shape index (κ1) is 6.99. The third-order valence-electron chi connectivity index (χ3n) is 1.34. The van der Waals surface area contributed by atoms with Crippen LogP contribution in [0.3, 0.4) is 0 Å². The average Bonchev–Trinajstić information content (AvgIpc) is 2.04. The Hall–Kier alpha value is -1.12. The van der Waals surface area contributed by atoms with Gasteiger partial charge in [0.2, 0.25) is 5.62 Å². The number of hydrogen-bond donors (Lipinski definition) is 0. The van der Waals surface area contributed by atoms with Gasteiger partial charge < -0.3 is 4.57 Å². The van der Waals surface area contributed by atoms with E-state index in [0.717, 1.165) is 12.2 Å². The van der Waals surface area contributed by atoms with Gasteiger partial charge in [-0.15, -0.1) is 0 Å². The summed E-state index contributed by atoms with van der Waals surface area (Å²) in [6.07, 6.45) is 3.71. The molecule has 0 saturated carbocycles. The van der Waals surface area contributed by atoms with Gasteiger partial charge in [0.25, 0.3) is 0 Å². The summed E-state index contributed by atoms with van der Waals surface area (Å²) in [5.74, 6) is 0. The molecule has 0 aliphatic heterocycles. The number of aromatic nitrogens is 2. The van der Waals surface area contributed by atoms with E-state index in [1.54, 1.807) is 13.2 Å². The third kappa shape index (κ3) is 1.23. The van der Waals surface area contributed by atoms with E-state index in [-0.39, 0.29) is 0 Å². The Balaban J connectivity index is 3.23. The molecule has 0 amide bonds. The van der Waals surface area contributed by atoms with Crippen LogP contribution >= 0.6 is 0 Å². The van der Waals surface area contributed by atoms with Gasteiger partial charge in [0.15, 0.2) is 0 Å². The highest BCUT2D eigenvalue weighted by Gasteiger charge is 1.84. The second-order valence-corrected chi connectivity index (χ2v) is 1.93. The van der Waals surface area contributed by atoms with Gasteiger partial charge >= 0.3 is 0 Å². The normalized spacial score (nSPS) is 12.0. The average molecular weight is 137 g/mol. The van der Waals surface area contributed by atoms with Crippen LogP contribution in [0.1, 0.15) is 6.92 Å². The smallest absolute Gasteiger partial charge is 0.224 e. The number of rotatable bonds is 1. The zero-order valence-electron chi connectivity index (χ0n) is 6.28. The molecule has 1 aromatic rings. The van der Waals surface area contributed by atoms with Crippen LogP contribution in [0.15, 0.2) is 23.5 Å². The topological polar surface area (TPSA) is 30.2 Å². The summed E-state index contributed by atoms with van der Waals surface area (Å²) in [6.45, 7) is 2.98. The van der Waals surface area contributed by atoms with Gasteiger partial charge in [0.05, 0.1) is 0 Å². The summed E-state index contributed by atoms with van der Waals surface area (Å²) in [4.78, 5) is 8.06. The fourth-order valence-corrected chi connectivity index (χ4v) is 0.826. The Morgan fingerprint density at radius 3 is 3.00 bits per heavy atom. The highest BCUT2D eigenvalue weighted by Crippen LogP contribution is 1.76. The molecule has 0 N–H and O–H groups in total. The molecule has 1 aromatic heterocycles. The second-order valence-electron chi connectivity index (χ2n) is 1.93. The van der Waals surface area contributed by atoms with Crippen molar-refractivity contribution in [3.63, 3.8) is 0 Å². The summed E-state index contributed by atoms with van der Waals surface area (Å²) < 4.78 is 1.99. The van der Waals surface area contributed by atoms with Gasteiger partial charge in [-0.25, -0.2) is 4.98 Å². The zero-order valence-corrected chi connectivity index (χ0v) is 6.28. The van der Waals surface area contributed by atoms with Crippen LogP contribution in [-0.4, -0.2) is 16.6 Å². The lowest BCUT2D eigenvalue weighted by molar-refractivity contribution is 0.678. The standard InChI is InChI=1S/C7H11N3/c1-3-10-6-4-5-9-7(10)8-2/h4-6H,3H2,1-2H3. The molecular formula is C7H11N3. The van der Waals surface area contributed by atoms with E-state index in [2.05, 4.69) is 16.9 Å². The van der Waals surface area contributed by atoms with Gasteiger partial charge in [0.1, 0.15) is 0 Å². The molecule has 1 rings (SSSR count). The third-order valence-corrected chi connectivity index (χ3v) is 1.34. The monoisotopic (exact) mass is 137 g/mol. The molecule has 0 fully saturated rings. The Kier molecular flexibility index (Phi) is 2.20. The molecule has 54 valence electrons. The Labute approximate surface area is 60.1 Å². The molecule has 0 unspecified atom stereocenters. The van der Waals surface area contributed by atoms with Crippen LogP contribution in [0.4, 0.5) is 0 Å². The van der Waals surface area contributed by atoms with Crippen LogP contribution in [0.5, 0.6) is 0 Å². The molecule has 0 spiro atoms. The lowest BCUT2D eigenvalue weighted by atomic mass is 10.6. The first-order valence-electron chi connectivity index (χ1n) is 3.32. The second kappa shape index (κ2) is 3.15. The maximum Gasteiger partial charge on any atom is 0.224 e. The molecular weight excluding hydrogens is 126 g/mol. The Morgan fingerprint density at radius 1 is 1.70 bits per heavy atom. The van der Waals surface area contributed by atoms with Crippen molar-refractivity contribution in [2.75, 3.05) is 7.05 Å². The summed E-state index contributed by atoms with van der Waals surface area (Å²) in [7, 11) is 1.74. The zero-order chi connectivity index (χ0) is 7.40. The van der Waals surface area contributed by atoms with E-state index in [4.69, 9.17) is 0 Å². The molecule has 0 aromatic carbocycles. The van der Waals surface area contributed by atoms with Crippen molar-refractivity contribution in [1.29, 1.82) is 0 Å². The maximum atomic E-state index is 4.06. The van der Waals surface area contributed by atoms with E-state index < -0.39 is 0 Å². The van der Waals surface area contributed by atoms with E-state index in [0.29, 0.717) is 0 Å². The predicted molar refractivity (Wildman–Crippen MR) is 39.4 cm³/mol. The van der Waals surface area contributed by atoms with Crippen LogP contribution in [0.25, 0.3) is 0 Å². The molecule has 0 saturated heterocycles.